The molecule has 184 valence electrons. The van der Waals surface area contributed by atoms with E-state index in [4.69, 9.17) is 26.4 Å². The summed E-state index contributed by atoms with van der Waals surface area (Å²) in [5, 5.41) is 5.52. The second kappa shape index (κ2) is 12.2. The Kier molecular flexibility index (Phi) is 9.01. The minimum Gasteiger partial charge on any atom is -0.497 e. The lowest BCUT2D eigenvalue weighted by Crippen LogP contribution is -2.34. The minimum atomic E-state index is -3.78. The Labute approximate surface area is 209 Å². The Hall–Kier alpha value is -3.67. The van der Waals surface area contributed by atoms with Crippen LogP contribution in [0.25, 0.3) is 0 Å². The summed E-state index contributed by atoms with van der Waals surface area (Å²) in [5.41, 5.74) is 1.33. The number of hydrogen-bond acceptors (Lipinski definition) is 7. The third-order valence-corrected chi connectivity index (χ3v) is 6.27. The molecule has 0 fully saturated rings. The van der Waals surface area contributed by atoms with Crippen molar-refractivity contribution in [1.82, 2.24) is 5.32 Å². The molecule has 0 unspecified atom stereocenters. The van der Waals surface area contributed by atoms with Gasteiger partial charge in [0.25, 0.3) is 15.9 Å². The first kappa shape index (κ1) is 25.9. The van der Waals surface area contributed by atoms with Gasteiger partial charge in [-0.05, 0) is 85.0 Å². The topological polar surface area (TPSA) is 115 Å². The highest BCUT2D eigenvalue weighted by molar-refractivity contribution is 7.92. The van der Waals surface area contributed by atoms with Gasteiger partial charge in [0, 0.05) is 24.0 Å². The van der Waals surface area contributed by atoms with Crippen LogP contribution in [0.5, 0.6) is 11.5 Å². The Morgan fingerprint density at radius 2 is 1.43 bits per heavy atom. The average molecular weight is 516 g/mol. The highest BCUT2D eigenvalue weighted by Gasteiger charge is 2.15. The number of thiocarbonyl (C=S) groups is 1. The van der Waals surface area contributed by atoms with Crippen LogP contribution in [0.3, 0.4) is 0 Å². The zero-order chi connectivity index (χ0) is 25.3. The molecule has 0 radical (unpaired) electrons. The van der Waals surface area contributed by atoms with Crippen LogP contribution in [0.4, 0.5) is 11.4 Å². The molecule has 9 nitrogen and oxygen atoms in total. The summed E-state index contributed by atoms with van der Waals surface area (Å²) in [5.74, 6) is 0.847. The van der Waals surface area contributed by atoms with Gasteiger partial charge >= 0.3 is 0 Å². The van der Waals surface area contributed by atoms with Gasteiger partial charge in [-0.25, -0.2) is 8.42 Å². The molecule has 0 saturated heterocycles. The number of methoxy groups -OCH3 is 2. The third-order valence-electron chi connectivity index (χ3n) is 4.66. The van der Waals surface area contributed by atoms with Crippen molar-refractivity contribution in [2.24, 2.45) is 0 Å². The fourth-order valence-corrected chi connectivity index (χ4v) is 4.14. The van der Waals surface area contributed by atoms with E-state index < -0.39 is 15.9 Å². The molecule has 35 heavy (non-hydrogen) atoms. The SMILES string of the molecule is COCCOc1ccc(C(=O)NC(=S)Nc2ccc(S(=O)(=O)Nc3ccc(OC)cc3)cc2)cc1. The van der Waals surface area contributed by atoms with E-state index in [1.165, 1.54) is 19.2 Å². The summed E-state index contributed by atoms with van der Waals surface area (Å²) in [6, 6.07) is 19.1. The molecule has 1 amide bonds. The first-order valence-electron chi connectivity index (χ1n) is 10.4. The van der Waals surface area contributed by atoms with Crippen LogP contribution < -0.4 is 24.8 Å². The van der Waals surface area contributed by atoms with Crippen molar-refractivity contribution in [3.63, 3.8) is 0 Å². The zero-order valence-corrected chi connectivity index (χ0v) is 20.7. The van der Waals surface area contributed by atoms with Crippen molar-refractivity contribution in [3.8, 4) is 11.5 Å². The molecule has 0 heterocycles. The molecule has 0 aromatic heterocycles. The van der Waals surface area contributed by atoms with E-state index in [0.717, 1.165) is 0 Å². The highest BCUT2D eigenvalue weighted by atomic mass is 32.2. The summed E-state index contributed by atoms with van der Waals surface area (Å²) in [6.07, 6.45) is 0. The van der Waals surface area contributed by atoms with Gasteiger partial charge in [0.1, 0.15) is 18.1 Å². The van der Waals surface area contributed by atoms with E-state index in [1.807, 2.05) is 0 Å². The summed E-state index contributed by atoms with van der Waals surface area (Å²) >= 11 is 5.20. The Morgan fingerprint density at radius 3 is 2.03 bits per heavy atom. The van der Waals surface area contributed by atoms with Crippen LogP contribution in [0.2, 0.25) is 0 Å². The van der Waals surface area contributed by atoms with Crippen LogP contribution >= 0.6 is 12.2 Å². The normalized spacial score (nSPS) is 10.8. The van der Waals surface area contributed by atoms with E-state index in [9.17, 15) is 13.2 Å². The third kappa shape index (κ3) is 7.67. The number of carbonyl (C=O) groups is 1. The van der Waals surface area contributed by atoms with Gasteiger partial charge in [-0.1, -0.05) is 0 Å². The number of hydrogen-bond donors (Lipinski definition) is 3. The van der Waals surface area contributed by atoms with E-state index in [0.29, 0.717) is 41.7 Å². The van der Waals surface area contributed by atoms with Crippen LogP contribution in [0.1, 0.15) is 10.4 Å². The van der Waals surface area contributed by atoms with Gasteiger partial charge in [0.2, 0.25) is 0 Å². The number of rotatable bonds is 10. The lowest BCUT2D eigenvalue weighted by Gasteiger charge is -2.12. The number of anilines is 2. The minimum absolute atomic E-state index is 0.0710. The molecule has 0 bridgehead atoms. The lowest BCUT2D eigenvalue weighted by molar-refractivity contribution is 0.0977. The van der Waals surface area contributed by atoms with Gasteiger partial charge in [-0.2, -0.15) is 0 Å². The average Bonchev–Trinajstić information content (AvgIpc) is 2.85. The van der Waals surface area contributed by atoms with Crippen molar-refractivity contribution in [2.75, 3.05) is 37.5 Å². The van der Waals surface area contributed by atoms with E-state index in [1.54, 1.807) is 67.8 Å². The quantitative estimate of drug-likeness (QED) is 0.277. The highest BCUT2D eigenvalue weighted by Crippen LogP contribution is 2.20. The fourth-order valence-electron chi connectivity index (χ4n) is 2.87. The van der Waals surface area contributed by atoms with Crippen molar-refractivity contribution in [2.45, 2.75) is 4.90 Å². The molecular formula is C24H25N3O6S2. The lowest BCUT2D eigenvalue weighted by atomic mass is 10.2. The molecule has 3 rings (SSSR count). The fraction of sp³-hybridized carbons (Fsp3) is 0.167. The Morgan fingerprint density at radius 1 is 0.829 bits per heavy atom. The maximum atomic E-state index is 12.6. The van der Waals surface area contributed by atoms with Crippen molar-refractivity contribution < 1.29 is 27.4 Å². The molecule has 3 N–H and O–H groups in total. The largest absolute Gasteiger partial charge is 0.497 e. The number of benzene rings is 3. The molecule has 0 aliphatic carbocycles. The summed E-state index contributed by atoms with van der Waals surface area (Å²) in [4.78, 5) is 12.5. The van der Waals surface area contributed by atoms with Crippen molar-refractivity contribution in [3.05, 3.63) is 78.4 Å². The van der Waals surface area contributed by atoms with Crippen LogP contribution in [0, 0.1) is 0 Å². The van der Waals surface area contributed by atoms with Gasteiger partial charge < -0.3 is 19.5 Å². The van der Waals surface area contributed by atoms with Gasteiger partial charge in [-0.3, -0.25) is 14.8 Å². The standard InChI is InChI=1S/C24H25N3O6S2/c1-31-15-16-33-21-9-3-17(4-10-21)23(28)26-24(34)25-18-7-13-22(14-8-18)35(29,30)27-19-5-11-20(32-2)12-6-19/h3-14,27H,15-16H2,1-2H3,(H2,25,26,28,34). The number of ether oxygens (including phenoxy) is 3. The number of nitrogens with one attached hydrogen (secondary N) is 3. The molecule has 3 aromatic carbocycles. The molecule has 11 heteroatoms. The molecule has 0 aliphatic rings. The second-order valence-corrected chi connectivity index (χ2v) is 9.22. The molecule has 0 atom stereocenters. The van der Waals surface area contributed by atoms with E-state index >= 15 is 0 Å². The van der Waals surface area contributed by atoms with Crippen LogP contribution in [-0.4, -0.2) is 46.9 Å². The van der Waals surface area contributed by atoms with Gasteiger partial charge in [0.05, 0.1) is 18.6 Å². The maximum absolute atomic E-state index is 12.6. The summed E-state index contributed by atoms with van der Waals surface area (Å²) in [7, 11) is -0.662. The number of carbonyl (C=O) groups excluding carboxylic acids is 1. The first-order chi connectivity index (χ1) is 16.8. The predicted octanol–water partition coefficient (Wildman–Crippen LogP) is 3.65. The summed E-state index contributed by atoms with van der Waals surface area (Å²) in [6.45, 7) is 0.877. The van der Waals surface area contributed by atoms with Crippen LogP contribution in [0.15, 0.2) is 77.7 Å². The predicted molar refractivity (Wildman–Crippen MR) is 138 cm³/mol. The zero-order valence-electron chi connectivity index (χ0n) is 19.1. The Bertz CT molecular complexity index is 1250. The monoisotopic (exact) mass is 515 g/mol. The molecule has 0 saturated carbocycles. The summed E-state index contributed by atoms with van der Waals surface area (Å²) < 4.78 is 43.2. The van der Waals surface area contributed by atoms with E-state index in [-0.39, 0.29) is 10.0 Å². The van der Waals surface area contributed by atoms with Gasteiger partial charge in [-0.15, -0.1) is 0 Å². The van der Waals surface area contributed by atoms with Crippen LogP contribution in [-0.2, 0) is 14.8 Å². The second-order valence-electron chi connectivity index (χ2n) is 7.13. The molecule has 0 spiro atoms. The first-order valence-corrected chi connectivity index (χ1v) is 12.3. The van der Waals surface area contributed by atoms with E-state index in [2.05, 4.69) is 15.4 Å². The number of amides is 1. The molecule has 0 aliphatic heterocycles. The number of sulfonamides is 1. The van der Waals surface area contributed by atoms with Crippen molar-refractivity contribution >= 4 is 44.6 Å². The Balaban J connectivity index is 1.54. The van der Waals surface area contributed by atoms with Crippen molar-refractivity contribution in [1.29, 1.82) is 0 Å². The molecule has 3 aromatic rings. The molecular weight excluding hydrogens is 490 g/mol. The van der Waals surface area contributed by atoms with Gasteiger partial charge in [0.15, 0.2) is 5.11 Å². The smallest absolute Gasteiger partial charge is 0.261 e. The maximum Gasteiger partial charge on any atom is 0.261 e.